The minimum Gasteiger partial charge on any atom is -0.324 e. The van der Waals surface area contributed by atoms with Crippen LogP contribution in [0.2, 0.25) is 5.02 Å². The summed E-state index contributed by atoms with van der Waals surface area (Å²) in [5, 5.41) is 3.50. The molecule has 0 bridgehead atoms. The van der Waals surface area contributed by atoms with Crippen LogP contribution in [0.15, 0.2) is 78.9 Å². The Morgan fingerprint density at radius 2 is 1.72 bits per heavy atom. The fraction of sp³-hybridized carbons (Fsp3) is 0.160. The van der Waals surface area contributed by atoms with E-state index in [0.29, 0.717) is 29.6 Å². The van der Waals surface area contributed by atoms with Crippen LogP contribution in [0.5, 0.6) is 0 Å². The van der Waals surface area contributed by atoms with E-state index < -0.39 is 6.04 Å². The Labute approximate surface area is 190 Å². The molecular weight excluding hydrogens is 424 g/mol. The molecule has 3 aromatic carbocycles. The summed E-state index contributed by atoms with van der Waals surface area (Å²) in [6, 6.07) is 23.9. The summed E-state index contributed by atoms with van der Waals surface area (Å²) in [4.78, 5) is 32.8. The third-order valence-electron chi connectivity index (χ3n) is 5.68. The summed E-state index contributed by atoms with van der Waals surface area (Å²) in [5.41, 5.74) is 3.36. The summed E-state index contributed by atoms with van der Waals surface area (Å²) in [5.74, 6) is 0.141. The van der Waals surface area contributed by atoms with E-state index in [1.165, 1.54) is 0 Å². The first-order valence-electron chi connectivity index (χ1n) is 10.5. The Balaban J connectivity index is 1.49. The second kappa shape index (κ2) is 8.48. The largest absolute Gasteiger partial charge is 0.324 e. The van der Waals surface area contributed by atoms with Crippen LogP contribution in [0, 0.1) is 0 Å². The molecule has 0 saturated carbocycles. The molecule has 0 spiro atoms. The molecule has 0 fully saturated rings. The zero-order chi connectivity index (χ0) is 22.1. The monoisotopic (exact) mass is 444 g/mol. The number of fused-ring (bicyclic) bond motifs is 3. The lowest BCUT2D eigenvalue weighted by Gasteiger charge is -2.32. The number of rotatable bonds is 5. The number of nitrogens with zero attached hydrogens (tertiary/aromatic N) is 3. The predicted octanol–water partition coefficient (Wildman–Crippen LogP) is 4.85. The van der Waals surface area contributed by atoms with E-state index in [1.54, 1.807) is 29.2 Å². The van der Waals surface area contributed by atoms with Gasteiger partial charge in [-0.15, -0.1) is 0 Å². The number of halogens is 1. The summed E-state index contributed by atoms with van der Waals surface area (Å²) in [7, 11) is 0. The van der Waals surface area contributed by atoms with Crippen molar-refractivity contribution in [1.29, 1.82) is 0 Å². The van der Waals surface area contributed by atoms with Gasteiger partial charge in [-0.3, -0.25) is 19.1 Å². The number of carbonyl (C=O) groups excluding carboxylic acids is 2. The zero-order valence-corrected chi connectivity index (χ0v) is 18.0. The molecule has 2 heterocycles. The number of amides is 2. The number of hydrogen-bond acceptors (Lipinski definition) is 3. The second-order valence-corrected chi connectivity index (χ2v) is 8.20. The van der Waals surface area contributed by atoms with Gasteiger partial charge in [0.15, 0.2) is 0 Å². The highest BCUT2D eigenvalue weighted by molar-refractivity contribution is 6.30. The lowest BCUT2D eigenvalue weighted by atomic mass is 10.1. The van der Waals surface area contributed by atoms with Crippen molar-refractivity contribution in [3.63, 3.8) is 0 Å². The van der Waals surface area contributed by atoms with E-state index >= 15 is 0 Å². The third-order valence-corrected chi connectivity index (χ3v) is 5.93. The number of nitrogens with one attached hydrogen (secondary N) is 1. The molecule has 160 valence electrons. The van der Waals surface area contributed by atoms with Crippen molar-refractivity contribution in [1.82, 2.24) is 9.55 Å². The molecule has 5 rings (SSSR count). The topological polar surface area (TPSA) is 67.2 Å². The number of anilines is 2. The molecule has 1 atom stereocenters. The zero-order valence-electron chi connectivity index (χ0n) is 17.2. The molecule has 4 aromatic rings. The molecule has 1 aromatic heterocycles. The minimum absolute atomic E-state index is 0.0710. The van der Waals surface area contributed by atoms with Crippen LogP contribution in [-0.2, 0) is 16.0 Å². The Morgan fingerprint density at radius 1 is 1.00 bits per heavy atom. The van der Waals surface area contributed by atoms with Crippen molar-refractivity contribution >= 4 is 46.1 Å². The molecule has 0 saturated heterocycles. The van der Waals surface area contributed by atoms with Crippen LogP contribution >= 0.6 is 11.6 Å². The van der Waals surface area contributed by atoms with Gasteiger partial charge >= 0.3 is 0 Å². The molecule has 0 aliphatic carbocycles. The maximum absolute atomic E-state index is 13.2. The van der Waals surface area contributed by atoms with Gasteiger partial charge in [0.25, 0.3) is 0 Å². The molecule has 0 radical (unpaired) electrons. The van der Waals surface area contributed by atoms with Crippen molar-refractivity contribution in [2.24, 2.45) is 0 Å². The van der Waals surface area contributed by atoms with Gasteiger partial charge in [-0.05, 0) is 48.4 Å². The molecule has 1 N–H and O–H groups in total. The predicted molar refractivity (Wildman–Crippen MR) is 126 cm³/mol. The van der Waals surface area contributed by atoms with E-state index in [9.17, 15) is 9.59 Å². The fourth-order valence-electron chi connectivity index (χ4n) is 4.09. The average molecular weight is 445 g/mol. The molecule has 32 heavy (non-hydrogen) atoms. The van der Waals surface area contributed by atoms with Gasteiger partial charge in [0.05, 0.1) is 17.5 Å². The third kappa shape index (κ3) is 3.85. The summed E-state index contributed by atoms with van der Waals surface area (Å²) < 4.78 is 1.88. The number of imidazole rings is 1. The van der Waals surface area contributed by atoms with Crippen LogP contribution in [0.4, 0.5) is 11.6 Å². The van der Waals surface area contributed by atoms with Crippen LogP contribution in [-0.4, -0.2) is 27.9 Å². The van der Waals surface area contributed by atoms with Gasteiger partial charge in [-0.1, -0.05) is 54.1 Å². The molecule has 7 heteroatoms. The summed E-state index contributed by atoms with van der Waals surface area (Å²) in [6.45, 7) is 0.498. The minimum atomic E-state index is -0.687. The maximum atomic E-state index is 13.2. The van der Waals surface area contributed by atoms with Gasteiger partial charge < -0.3 is 5.32 Å². The first kappa shape index (κ1) is 20.3. The van der Waals surface area contributed by atoms with Crippen molar-refractivity contribution < 1.29 is 9.59 Å². The summed E-state index contributed by atoms with van der Waals surface area (Å²) in [6.07, 6.45) is 0.777. The quantitative estimate of drug-likeness (QED) is 0.478. The van der Waals surface area contributed by atoms with E-state index in [4.69, 9.17) is 16.6 Å². The molecule has 1 aliphatic heterocycles. The maximum Gasteiger partial charge on any atom is 0.248 e. The highest BCUT2D eigenvalue weighted by atomic mass is 35.5. The standard InChI is InChI=1S/C25H21ClN4O2/c26-18-10-12-19(13-11-18)27-24(32)22-16-23(31)29(15-14-17-6-2-1-3-7-17)25-28-20-8-4-5-9-21(20)30(22)25/h1-13,22H,14-16H2,(H,27,32)/t22-/m1/s1. The number of carbonyl (C=O) groups is 2. The lowest BCUT2D eigenvalue weighted by Crippen LogP contribution is -2.44. The van der Waals surface area contributed by atoms with Crippen LogP contribution in [0.3, 0.4) is 0 Å². The first-order chi connectivity index (χ1) is 15.6. The average Bonchev–Trinajstić information content (AvgIpc) is 3.19. The Kier molecular flexibility index (Phi) is 5.37. The molecular formula is C25H21ClN4O2. The van der Waals surface area contributed by atoms with E-state index in [1.807, 2.05) is 59.2 Å². The number of para-hydroxylation sites is 2. The van der Waals surface area contributed by atoms with Crippen molar-refractivity contribution in [3.05, 3.63) is 89.4 Å². The first-order valence-corrected chi connectivity index (χ1v) is 10.9. The van der Waals surface area contributed by atoms with Crippen LogP contribution in [0.1, 0.15) is 18.0 Å². The number of hydrogen-bond donors (Lipinski definition) is 1. The van der Waals surface area contributed by atoms with Gasteiger partial charge in [-0.25, -0.2) is 4.98 Å². The highest BCUT2D eigenvalue weighted by Crippen LogP contribution is 2.34. The second-order valence-electron chi connectivity index (χ2n) is 7.77. The Hall–Kier alpha value is -3.64. The van der Waals surface area contributed by atoms with Gasteiger partial charge in [0.2, 0.25) is 17.8 Å². The lowest BCUT2D eigenvalue weighted by molar-refractivity contribution is -0.126. The molecule has 0 unspecified atom stereocenters. The fourth-order valence-corrected chi connectivity index (χ4v) is 4.21. The van der Waals surface area contributed by atoms with E-state index in [0.717, 1.165) is 16.6 Å². The van der Waals surface area contributed by atoms with Crippen LogP contribution < -0.4 is 10.2 Å². The highest BCUT2D eigenvalue weighted by Gasteiger charge is 2.37. The molecule has 6 nitrogen and oxygen atoms in total. The Morgan fingerprint density at radius 3 is 2.50 bits per heavy atom. The van der Waals surface area contributed by atoms with E-state index in [2.05, 4.69) is 5.32 Å². The number of benzene rings is 3. The van der Waals surface area contributed by atoms with Crippen molar-refractivity contribution in [2.75, 3.05) is 16.8 Å². The van der Waals surface area contributed by atoms with Gasteiger partial charge in [-0.2, -0.15) is 0 Å². The SMILES string of the molecule is O=C(Nc1ccc(Cl)cc1)[C@H]1CC(=O)N(CCc2ccccc2)c2nc3ccccc3n21. The van der Waals surface area contributed by atoms with E-state index in [-0.39, 0.29) is 18.2 Å². The molecule has 2 amide bonds. The smallest absolute Gasteiger partial charge is 0.248 e. The van der Waals surface area contributed by atoms with Crippen molar-refractivity contribution in [3.8, 4) is 0 Å². The van der Waals surface area contributed by atoms with Crippen molar-refractivity contribution in [2.45, 2.75) is 18.9 Å². The Bertz CT molecular complexity index is 1280. The summed E-state index contributed by atoms with van der Waals surface area (Å²) >= 11 is 5.95. The molecule has 1 aliphatic rings. The van der Waals surface area contributed by atoms with Gasteiger partial charge in [0, 0.05) is 17.3 Å². The van der Waals surface area contributed by atoms with Gasteiger partial charge in [0.1, 0.15) is 6.04 Å². The normalized spacial score (nSPS) is 15.6. The van der Waals surface area contributed by atoms with Crippen LogP contribution in [0.25, 0.3) is 11.0 Å². The number of aromatic nitrogens is 2.